The zero-order chi connectivity index (χ0) is 14.5. The normalized spacial score (nSPS) is 25.2. The molecule has 0 bridgehead atoms. The van der Waals surface area contributed by atoms with Gasteiger partial charge in [-0.05, 0) is 25.8 Å². The van der Waals surface area contributed by atoms with Crippen molar-refractivity contribution >= 4 is 12.0 Å². The molecule has 20 heavy (non-hydrogen) atoms. The molecule has 5 nitrogen and oxygen atoms in total. The molecule has 1 aromatic carbocycles. The van der Waals surface area contributed by atoms with Crippen molar-refractivity contribution in [3.05, 3.63) is 35.4 Å². The van der Waals surface area contributed by atoms with Gasteiger partial charge in [-0.15, -0.1) is 0 Å². The minimum absolute atomic E-state index is 0.0609. The first-order valence-corrected chi connectivity index (χ1v) is 6.69. The van der Waals surface area contributed by atoms with Gasteiger partial charge in [0.2, 0.25) is 5.60 Å². The van der Waals surface area contributed by atoms with Crippen molar-refractivity contribution in [3.8, 4) is 0 Å². The Morgan fingerprint density at radius 1 is 1.35 bits per heavy atom. The van der Waals surface area contributed by atoms with Crippen molar-refractivity contribution in [2.45, 2.75) is 37.9 Å². The van der Waals surface area contributed by atoms with Crippen LogP contribution in [0.3, 0.4) is 0 Å². The zero-order valence-electron chi connectivity index (χ0n) is 11.5. The third-order valence-electron chi connectivity index (χ3n) is 3.82. The average molecular weight is 275 g/mol. The van der Waals surface area contributed by atoms with Crippen molar-refractivity contribution in [2.24, 2.45) is 0 Å². The third kappa shape index (κ3) is 1.81. The number of aliphatic hydroxyl groups is 1. The number of fused-ring (bicyclic) bond motifs is 2. The van der Waals surface area contributed by atoms with Gasteiger partial charge in [-0.25, -0.2) is 9.69 Å². The Morgan fingerprint density at radius 3 is 2.75 bits per heavy atom. The van der Waals surface area contributed by atoms with Crippen molar-refractivity contribution in [3.63, 3.8) is 0 Å². The van der Waals surface area contributed by atoms with E-state index in [1.165, 1.54) is 0 Å². The van der Waals surface area contributed by atoms with E-state index in [9.17, 15) is 14.7 Å². The van der Waals surface area contributed by atoms with Gasteiger partial charge in [0, 0.05) is 12.0 Å². The Labute approximate surface area is 117 Å². The highest BCUT2D eigenvalue weighted by Gasteiger charge is 2.58. The van der Waals surface area contributed by atoms with Crippen LogP contribution < -0.4 is 0 Å². The lowest BCUT2D eigenvalue weighted by atomic mass is 9.94. The standard InChI is InChI=1S/C15H17NO4/c1-14(2,19)9-16-12(17)15(20-13(16)18)8-7-10-5-3-4-6-11(10)15/h3-6,19H,7-9H2,1-2H3. The van der Waals surface area contributed by atoms with E-state index in [0.717, 1.165) is 16.0 Å². The molecule has 1 atom stereocenters. The number of hydrogen-bond donors (Lipinski definition) is 1. The lowest BCUT2D eigenvalue weighted by molar-refractivity contribution is -0.139. The highest BCUT2D eigenvalue weighted by molar-refractivity contribution is 6.04. The quantitative estimate of drug-likeness (QED) is 0.889. The summed E-state index contributed by atoms with van der Waals surface area (Å²) >= 11 is 0. The smallest absolute Gasteiger partial charge is 0.418 e. The molecule has 1 heterocycles. The van der Waals surface area contributed by atoms with E-state index in [1.807, 2.05) is 24.3 Å². The van der Waals surface area contributed by atoms with Crippen LogP contribution in [0.1, 0.15) is 31.4 Å². The van der Waals surface area contributed by atoms with Gasteiger partial charge in [-0.2, -0.15) is 0 Å². The molecule has 1 aliphatic heterocycles. The Hall–Kier alpha value is -1.88. The molecule has 0 aromatic heterocycles. The highest BCUT2D eigenvalue weighted by Crippen LogP contribution is 2.45. The van der Waals surface area contributed by atoms with Crippen LogP contribution in [0.15, 0.2) is 24.3 Å². The highest BCUT2D eigenvalue weighted by atomic mass is 16.6. The minimum Gasteiger partial charge on any atom is -0.427 e. The van der Waals surface area contributed by atoms with Gasteiger partial charge < -0.3 is 9.84 Å². The van der Waals surface area contributed by atoms with E-state index in [0.29, 0.717) is 12.8 Å². The van der Waals surface area contributed by atoms with Crippen LogP contribution in [0.5, 0.6) is 0 Å². The third-order valence-corrected chi connectivity index (χ3v) is 3.82. The van der Waals surface area contributed by atoms with Crippen LogP contribution in [0, 0.1) is 0 Å². The molecule has 5 heteroatoms. The first-order valence-electron chi connectivity index (χ1n) is 6.69. The summed E-state index contributed by atoms with van der Waals surface area (Å²) in [6.07, 6.45) is 0.513. The second-order valence-electron chi connectivity index (χ2n) is 6.06. The van der Waals surface area contributed by atoms with Crippen LogP contribution >= 0.6 is 0 Å². The molecule has 1 N–H and O–H groups in total. The number of rotatable bonds is 2. The maximum atomic E-state index is 12.6. The monoisotopic (exact) mass is 275 g/mol. The minimum atomic E-state index is -1.18. The van der Waals surface area contributed by atoms with E-state index >= 15 is 0 Å². The number of imide groups is 1. The topological polar surface area (TPSA) is 66.8 Å². The summed E-state index contributed by atoms with van der Waals surface area (Å²) < 4.78 is 5.43. The number of hydrogen-bond acceptors (Lipinski definition) is 4. The molecule has 2 aliphatic rings. The van der Waals surface area contributed by atoms with Crippen LogP contribution in [0.4, 0.5) is 4.79 Å². The maximum Gasteiger partial charge on any atom is 0.418 e. The van der Waals surface area contributed by atoms with Gasteiger partial charge in [-0.1, -0.05) is 24.3 Å². The van der Waals surface area contributed by atoms with Crippen LogP contribution in [-0.2, 0) is 21.6 Å². The molecular weight excluding hydrogens is 258 g/mol. The predicted molar refractivity (Wildman–Crippen MR) is 70.9 cm³/mol. The second kappa shape index (κ2) is 4.06. The van der Waals surface area contributed by atoms with Gasteiger partial charge in [0.1, 0.15) is 0 Å². The van der Waals surface area contributed by atoms with E-state index in [-0.39, 0.29) is 12.5 Å². The van der Waals surface area contributed by atoms with Crippen molar-refractivity contribution < 1.29 is 19.4 Å². The molecule has 0 saturated carbocycles. The Bertz CT molecular complexity index is 590. The SMILES string of the molecule is CC(C)(O)CN1C(=O)OC2(CCc3ccccc32)C1=O. The number of nitrogens with zero attached hydrogens (tertiary/aromatic N) is 1. The van der Waals surface area contributed by atoms with Gasteiger partial charge in [-0.3, -0.25) is 4.79 Å². The maximum absolute atomic E-state index is 12.6. The fourth-order valence-corrected chi connectivity index (χ4v) is 2.98. The Kier molecular flexibility index (Phi) is 2.66. The number of amides is 2. The predicted octanol–water partition coefficient (Wildman–Crippen LogP) is 1.58. The molecule has 1 saturated heterocycles. The molecule has 2 amide bonds. The molecule has 1 aliphatic carbocycles. The largest absolute Gasteiger partial charge is 0.427 e. The van der Waals surface area contributed by atoms with Gasteiger partial charge in [0.15, 0.2) is 0 Å². The van der Waals surface area contributed by atoms with Gasteiger partial charge in [0.05, 0.1) is 12.1 Å². The summed E-state index contributed by atoms with van der Waals surface area (Å²) in [5, 5.41) is 9.84. The summed E-state index contributed by atoms with van der Waals surface area (Å²) in [4.78, 5) is 25.7. The Morgan fingerprint density at radius 2 is 2.05 bits per heavy atom. The van der Waals surface area contributed by atoms with Gasteiger partial charge >= 0.3 is 6.09 Å². The molecule has 3 rings (SSSR count). The van der Waals surface area contributed by atoms with E-state index in [4.69, 9.17) is 4.74 Å². The van der Waals surface area contributed by atoms with Crippen LogP contribution in [0.2, 0.25) is 0 Å². The summed E-state index contributed by atoms with van der Waals surface area (Å²) in [6, 6.07) is 7.53. The summed E-state index contributed by atoms with van der Waals surface area (Å²) in [7, 11) is 0. The first-order chi connectivity index (χ1) is 9.33. The molecule has 1 aromatic rings. The average Bonchev–Trinajstić information content (AvgIpc) is 2.84. The number of ether oxygens (including phenoxy) is 1. The molecular formula is C15H17NO4. The zero-order valence-corrected chi connectivity index (χ0v) is 11.5. The number of carbonyl (C=O) groups excluding carboxylic acids is 2. The fraction of sp³-hybridized carbons (Fsp3) is 0.467. The first kappa shape index (κ1) is 13.1. The van der Waals surface area contributed by atoms with Crippen molar-refractivity contribution in [1.29, 1.82) is 0 Å². The summed E-state index contributed by atoms with van der Waals surface area (Å²) in [6.45, 7) is 3.05. The second-order valence-corrected chi connectivity index (χ2v) is 6.06. The molecule has 1 unspecified atom stereocenters. The Balaban J connectivity index is 1.99. The number of benzene rings is 1. The van der Waals surface area contributed by atoms with Crippen molar-refractivity contribution in [1.82, 2.24) is 4.90 Å². The van der Waals surface area contributed by atoms with Gasteiger partial charge in [0.25, 0.3) is 5.91 Å². The van der Waals surface area contributed by atoms with Crippen molar-refractivity contribution in [2.75, 3.05) is 6.54 Å². The van der Waals surface area contributed by atoms with E-state index < -0.39 is 17.3 Å². The summed E-state index contributed by atoms with van der Waals surface area (Å²) in [5.74, 6) is -0.366. The molecule has 106 valence electrons. The molecule has 0 radical (unpaired) electrons. The number of β-amino-alcohol motifs (C(OH)–C–C–N with tert-alkyl or cyclic N) is 1. The lowest BCUT2D eigenvalue weighted by Crippen LogP contribution is -2.44. The fourth-order valence-electron chi connectivity index (χ4n) is 2.98. The molecule has 1 fully saturated rings. The number of carbonyl (C=O) groups is 2. The molecule has 1 spiro atoms. The summed E-state index contributed by atoms with van der Waals surface area (Å²) in [5.41, 5.74) is -0.507. The van der Waals surface area contributed by atoms with Crippen LogP contribution in [0.25, 0.3) is 0 Å². The van der Waals surface area contributed by atoms with Crippen LogP contribution in [-0.4, -0.2) is 34.2 Å². The number of aryl methyl sites for hydroxylation is 1. The van der Waals surface area contributed by atoms with E-state index in [2.05, 4.69) is 0 Å². The lowest BCUT2D eigenvalue weighted by Gasteiger charge is -2.23. The van der Waals surface area contributed by atoms with E-state index in [1.54, 1.807) is 13.8 Å².